The lowest BCUT2D eigenvalue weighted by molar-refractivity contribution is -0.0000105. The lowest BCUT2D eigenvalue weighted by Gasteiger charge is -2.03. The normalized spacial score (nSPS) is 10.4. The Balaban J connectivity index is 0.00000192. The number of benzene rings is 2. The van der Waals surface area contributed by atoms with Crippen LogP contribution in [0.4, 0.5) is 0 Å². The highest BCUT2D eigenvalue weighted by Crippen LogP contribution is 2.43. The zero-order chi connectivity index (χ0) is 16.0. The van der Waals surface area contributed by atoms with Gasteiger partial charge in [0.2, 0.25) is 5.75 Å². The summed E-state index contributed by atoms with van der Waals surface area (Å²) in [4.78, 5) is 0. The van der Waals surface area contributed by atoms with Gasteiger partial charge in [-0.25, -0.2) is 4.42 Å². The third-order valence-corrected chi connectivity index (χ3v) is 3.16. The standard InChI is InChI=1S/C15H10O7.ClH/c16-7-3-9(17)8-5-12(20)15(22-13(8)4-7)6-1-10(18)14(21)11(19)2-6;/h1-5H,(H5-,16,17,18,19,20,21);1H/i5+2;. The first-order valence-electron chi connectivity index (χ1n) is 6.14. The summed E-state index contributed by atoms with van der Waals surface area (Å²) in [5, 5.41) is 57.8. The zero-order valence-corrected chi connectivity index (χ0v) is 12.1. The van der Waals surface area contributed by atoms with E-state index >= 15 is 0 Å². The van der Waals surface area contributed by atoms with Crippen molar-refractivity contribution in [2.75, 3.05) is 0 Å². The molecule has 0 amide bonds. The molecule has 120 valence electrons. The summed E-state index contributed by atoms with van der Waals surface area (Å²) >= 11 is 0. The molecule has 0 unspecified atom stereocenters. The van der Waals surface area contributed by atoms with Gasteiger partial charge in [0, 0.05) is 24.3 Å². The van der Waals surface area contributed by atoms with E-state index in [2.05, 4.69) is 0 Å². The van der Waals surface area contributed by atoms with E-state index in [4.69, 9.17) is 4.42 Å². The molecule has 3 aromatic rings. The molecule has 6 N–H and O–H groups in total. The van der Waals surface area contributed by atoms with E-state index in [9.17, 15) is 30.6 Å². The first kappa shape index (κ1) is 16.3. The Morgan fingerprint density at radius 3 is 2.00 bits per heavy atom. The van der Waals surface area contributed by atoms with Crippen molar-refractivity contribution in [1.82, 2.24) is 0 Å². The van der Waals surface area contributed by atoms with E-state index in [1.54, 1.807) is 0 Å². The minimum atomic E-state index is -0.695. The van der Waals surface area contributed by atoms with Crippen LogP contribution in [0.1, 0.15) is 0 Å². The van der Waals surface area contributed by atoms with Gasteiger partial charge in [0.25, 0.3) is 0 Å². The van der Waals surface area contributed by atoms with Crippen molar-refractivity contribution in [3.63, 3.8) is 0 Å². The first-order chi connectivity index (χ1) is 10.4. The summed E-state index contributed by atoms with van der Waals surface area (Å²) in [6.45, 7) is 0. The number of fused-ring (bicyclic) bond motifs is 1. The van der Waals surface area contributed by atoms with Gasteiger partial charge in [0.1, 0.15) is 16.9 Å². The number of halogens is 1. The minimum absolute atomic E-state index is 0. The maximum atomic E-state index is 10.0. The molecule has 1 heterocycles. The number of phenolic OH excluding ortho intramolecular Hbond substituents is 5. The molecular formula is C15H11ClO7. The highest BCUT2D eigenvalue weighted by molar-refractivity contribution is 5.88. The lowest BCUT2D eigenvalue weighted by Crippen LogP contribution is -3.00. The Morgan fingerprint density at radius 1 is 0.783 bits per heavy atom. The Bertz CT molecular complexity index is 885. The third-order valence-electron chi connectivity index (χ3n) is 3.16. The summed E-state index contributed by atoms with van der Waals surface area (Å²) < 4.78 is 5.42. The third kappa shape index (κ3) is 2.69. The molecule has 7 nitrogen and oxygen atoms in total. The fraction of sp³-hybridized carbons (Fsp3) is 0. The Morgan fingerprint density at radius 2 is 1.39 bits per heavy atom. The molecule has 8 heteroatoms. The van der Waals surface area contributed by atoms with E-state index < -0.39 is 17.2 Å². The van der Waals surface area contributed by atoms with E-state index in [0.29, 0.717) is 0 Å². The Hall–Kier alpha value is -3.06. The molecule has 0 spiro atoms. The van der Waals surface area contributed by atoms with Crippen LogP contribution in [-0.4, -0.2) is 30.6 Å². The molecule has 0 atom stereocenters. The molecule has 0 aliphatic rings. The zero-order valence-electron chi connectivity index (χ0n) is 11.4. The fourth-order valence-electron chi connectivity index (χ4n) is 2.13. The molecule has 0 saturated heterocycles. The molecule has 2 aromatic carbocycles. The van der Waals surface area contributed by atoms with Crippen LogP contribution in [-0.2, 0) is 0 Å². The monoisotopic (exact) mass is 340 g/mol. The maximum absolute atomic E-state index is 10.0. The van der Waals surface area contributed by atoms with Gasteiger partial charge in [0.15, 0.2) is 17.2 Å². The molecule has 1 aromatic heterocycles. The fourth-order valence-corrected chi connectivity index (χ4v) is 2.13. The molecule has 0 bridgehead atoms. The van der Waals surface area contributed by atoms with E-state index in [-0.39, 0.29) is 51.9 Å². The van der Waals surface area contributed by atoms with Crippen molar-refractivity contribution in [3.8, 4) is 45.8 Å². The van der Waals surface area contributed by atoms with Crippen LogP contribution in [0.25, 0.3) is 22.3 Å². The van der Waals surface area contributed by atoms with Gasteiger partial charge in [0.05, 0.1) is 11.6 Å². The van der Waals surface area contributed by atoms with Crippen molar-refractivity contribution in [3.05, 3.63) is 30.3 Å². The molecule has 0 aliphatic carbocycles. The summed E-state index contributed by atoms with van der Waals surface area (Å²) in [6.07, 6.45) is 0. The summed E-state index contributed by atoms with van der Waals surface area (Å²) in [5.74, 6) is -2.88. The molecule has 0 aliphatic heterocycles. The molecule has 0 radical (unpaired) electrons. The maximum Gasteiger partial charge on any atom is 0.402 e. The van der Waals surface area contributed by atoms with Crippen LogP contribution in [0.3, 0.4) is 0 Å². The van der Waals surface area contributed by atoms with Gasteiger partial charge < -0.3 is 43.0 Å². The smallest absolute Gasteiger partial charge is 0.402 e. The number of rotatable bonds is 1. The number of hydrogen-bond acceptors (Lipinski definition) is 6. The summed E-state index contributed by atoms with van der Waals surface area (Å²) in [6, 6.07) is 5.71. The number of aromatic hydroxyl groups is 6. The van der Waals surface area contributed by atoms with Crippen LogP contribution < -0.4 is 12.4 Å². The Kier molecular flexibility index (Phi) is 3.98. The van der Waals surface area contributed by atoms with Crippen molar-refractivity contribution in [1.29, 1.82) is 0 Å². The van der Waals surface area contributed by atoms with Gasteiger partial charge in [-0.3, -0.25) is 0 Å². The minimum Gasteiger partial charge on any atom is -1.00 e. The van der Waals surface area contributed by atoms with Crippen LogP contribution in [0.5, 0.6) is 34.5 Å². The average molecular weight is 341 g/mol. The van der Waals surface area contributed by atoms with Crippen LogP contribution in [0.2, 0.25) is 0 Å². The number of hydrogen-bond donors (Lipinski definition) is 6. The first-order valence-corrected chi connectivity index (χ1v) is 6.14. The van der Waals surface area contributed by atoms with Gasteiger partial charge in [-0.15, -0.1) is 0 Å². The number of phenols is 5. The lowest BCUT2D eigenvalue weighted by atomic mass is 10.1. The molecule has 0 saturated carbocycles. The van der Waals surface area contributed by atoms with Crippen LogP contribution in [0, 0.1) is 0 Å². The average Bonchev–Trinajstić information content (AvgIpc) is 2.44. The molecule has 23 heavy (non-hydrogen) atoms. The highest BCUT2D eigenvalue weighted by Gasteiger charge is 2.25. The molecular weight excluding hydrogens is 330 g/mol. The van der Waals surface area contributed by atoms with Gasteiger partial charge in [-0.2, -0.15) is 0 Å². The van der Waals surface area contributed by atoms with E-state index in [0.717, 1.165) is 18.2 Å². The second-order valence-corrected chi connectivity index (χ2v) is 4.70. The van der Waals surface area contributed by atoms with Crippen molar-refractivity contribution < 1.29 is 47.5 Å². The quantitative estimate of drug-likeness (QED) is 0.263. The Labute approximate surface area is 135 Å². The van der Waals surface area contributed by atoms with Gasteiger partial charge in [-0.1, -0.05) is 0 Å². The topological polar surface area (TPSA) is 133 Å². The second-order valence-electron chi connectivity index (χ2n) is 4.70. The van der Waals surface area contributed by atoms with Crippen LogP contribution >= 0.6 is 0 Å². The SMILES string of the molecule is Oc1cc(O)c2[14cH]c(O)c(-c3cc(O)c(O)c(O)c3)[o+]c2c1.[Cl-]. The predicted molar refractivity (Wildman–Crippen MR) is 76.0 cm³/mol. The van der Waals surface area contributed by atoms with E-state index in [1.807, 2.05) is 0 Å². The summed E-state index contributed by atoms with van der Waals surface area (Å²) in [5.41, 5.74) is 0.174. The van der Waals surface area contributed by atoms with Crippen LogP contribution in [0.15, 0.2) is 34.7 Å². The molecule has 3 rings (SSSR count). The van der Waals surface area contributed by atoms with Crippen molar-refractivity contribution >= 4 is 11.0 Å². The predicted octanol–water partition coefficient (Wildman–Crippen LogP) is -0.381. The van der Waals surface area contributed by atoms with Crippen molar-refractivity contribution in [2.24, 2.45) is 0 Å². The van der Waals surface area contributed by atoms with Gasteiger partial charge >= 0.3 is 11.3 Å². The summed E-state index contributed by atoms with van der Waals surface area (Å²) in [7, 11) is 0. The van der Waals surface area contributed by atoms with Crippen molar-refractivity contribution in [2.45, 2.75) is 0 Å². The second kappa shape index (κ2) is 5.62. The molecule has 0 fully saturated rings. The van der Waals surface area contributed by atoms with Gasteiger partial charge in [-0.05, 0) is 0 Å². The largest absolute Gasteiger partial charge is 1.00 e. The highest BCUT2D eigenvalue weighted by atomic mass is 35.5. The van der Waals surface area contributed by atoms with E-state index in [1.165, 1.54) is 12.1 Å².